The summed E-state index contributed by atoms with van der Waals surface area (Å²) < 4.78 is 0. The summed E-state index contributed by atoms with van der Waals surface area (Å²) in [4.78, 5) is 23.0. The molecule has 0 aliphatic rings. The first-order chi connectivity index (χ1) is 20.4. The molecule has 6 heterocycles. The Balaban J connectivity index is 0.000000252. The highest BCUT2D eigenvalue weighted by Crippen LogP contribution is 1.82. The van der Waals surface area contributed by atoms with Crippen LogP contribution >= 0.6 is 0 Å². The molecule has 0 spiro atoms. The van der Waals surface area contributed by atoms with Gasteiger partial charge in [0.2, 0.25) is 0 Å². The molecule has 0 aromatic carbocycles. The molecule has 0 amide bonds. The van der Waals surface area contributed by atoms with Crippen LogP contribution in [0.15, 0.2) is 80.6 Å². The number of aromatic nitrogens is 17. The average Bonchev–Trinajstić information content (AvgIpc) is 3.01. The molecular weight excluding hydrogens is 538 g/mol. The lowest BCUT2D eigenvalue weighted by molar-refractivity contribution is 0.742. The predicted octanol–water partition coefficient (Wildman–Crippen LogP) is 1.69. The highest BCUT2D eigenvalue weighted by Gasteiger charge is 1.79. The highest BCUT2D eigenvalue weighted by molar-refractivity contribution is 4.90. The van der Waals surface area contributed by atoms with Gasteiger partial charge in [-0.05, 0) is 69.3 Å². The summed E-state index contributed by atoms with van der Waals surface area (Å²) >= 11 is 0. The molecule has 0 bridgehead atoms. The van der Waals surface area contributed by atoms with Gasteiger partial charge in [-0.15, -0.1) is 30.6 Å². The lowest BCUT2D eigenvalue weighted by Gasteiger charge is -1.81. The third-order valence-electron chi connectivity index (χ3n) is 3.78. The van der Waals surface area contributed by atoms with Crippen molar-refractivity contribution in [3.63, 3.8) is 0 Å². The number of hydrogen-bond donors (Lipinski definition) is 0. The van der Waals surface area contributed by atoms with Crippen molar-refractivity contribution >= 4 is 0 Å². The van der Waals surface area contributed by atoms with Crippen LogP contribution in [0.1, 0.15) is 34.3 Å². The molecule has 0 saturated heterocycles. The first-order valence-electron chi connectivity index (χ1n) is 12.1. The van der Waals surface area contributed by atoms with E-state index in [-0.39, 0.29) is 0 Å². The van der Waals surface area contributed by atoms with E-state index in [1.807, 2.05) is 41.5 Å². The Kier molecular flexibility index (Phi) is 18.8. The molecule has 42 heavy (non-hydrogen) atoms. The fourth-order valence-corrected chi connectivity index (χ4v) is 1.91. The second kappa shape index (κ2) is 23.1. The molecule has 0 aliphatic heterocycles. The van der Waals surface area contributed by atoms with Crippen molar-refractivity contribution in [2.75, 3.05) is 0 Å². The van der Waals surface area contributed by atoms with E-state index in [1.54, 1.807) is 67.9 Å². The molecule has 17 nitrogen and oxygen atoms in total. The zero-order chi connectivity index (χ0) is 30.7. The van der Waals surface area contributed by atoms with Crippen molar-refractivity contribution in [1.29, 1.82) is 0 Å². The summed E-state index contributed by atoms with van der Waals surface area (Å²) in [6.07, 6.45) is 17.8. The minimum Gasteiger partial charge on any atom is -0.261 e. The molecule has 0 saturated carbocycles. The molecule has 17 heteroatoms. The van der Waals surface area contributed by atoms with E-state index in [9.17, 15) is 0 Å². The number of hydrogen-bond acceptors (Lipinski definition) is 17. The zero-order valence-corrected chi connectivity index (χ0v) is 24.1. The first-order valence-corrected chi connectivity index (χ1v) is 12.1. The SMILES string of the molecule is Cc1ccnnn1.Cc1cnccn1.Cc1cncnn1.Cc1cnncn1.Cc1cnnnn1.Cc1ncccn1. The predicted molar refractivity (Wildman–Crippen MR) is 150 cm³/mol. The maximum Gasteiger partial charge on any atom is 0.138 e. The number of rotatable bonds is 0. The molecule has 0 unspecified atom stereocenters. The molecule has 216 valence electrons. The van der Waals surface area contributed by atoms with Crippen molar-refractivity contribution in [2.24, 2.45) is 0 Å². The summed E-state index contributed by atoms with van der Waals surface area (Å²) in [5.41, 5.74) is 4.39. The molecule has 6 rings (SSSR count). The second-order valence-corrected chi connectivity index (χ2v) is 7.57. The van der Waals surface area contributed by atoms with Crippen molar-refractivity contribution in [3.8, 4) is 0 Å². The first kappa shape index (κ1) is 34.2. The van der Waals surface area contributed by atoms with Crippen LogP contribution in [-0.4, -0.2) is 86.3 Å². The third kappa shape index (κ3) is 21.1. The fraction of sp³-hybridized carbons (Fsp3) is 0.240. The van der Waals surface area contributed by atoms with E-state index in [1.165, 1.54) is 12.7 Å². The van der Waals surface area contributed by atoms with Gasteiger partial charge in [0.05, 0.1) is 53.3 Å². The zero-order valence-electron chi connectivity index (χ0n) is 24.1. The van der Waals surface area contributed by atoms with E-state index >= 15 is 0 Å². The van der Waals surface area contributed by atoms with Gasteiger partial charge in [-0.25, -0.2) is 19.9 Å². The van der Waals surface area contributed by atoms with Crippen LogP contribution < -0.4 is 0 Å². The highest BCUT2D eigenvalue weighted by atomic mass is 15.4. The lowest BCUT2D eigenvalue weighted by atomic mass is 10.5. The number of nitrogens with zero attached hydrogens (tertiary/aromatic N) is 17. The van der Waals surface area contributed by atoms with Gasteiger partial charge in [-0.3, -0.25) is 9.97 Å². The molecular formula is C25H31N17. The van der Waals surface area contributed by atoms with Crippen molar-refractivity contribution in [1.82, 2.24) is 86.3 Å². The monoisotopic (exact) mass is 569 g/mol. The van der Waals surface area contributed by atoms with Crippen LogP contribution in [0.3, 0.4) is 0 Å². The van der Waals surface area contributed by atoms with Gasteiger partial charge in [0.15, 0.2) is 0 Å². The van der Waals surface area contributed by atoms with Crippen molar-refractivity contribution in [3.05, 3.63) is 115 Å². The van der Waals surface area contributed by atoms with Gasteiger partial charge in [-0.2, -0.15) is 10.2 Å². The molecule has 0 radical (unpaired) electrons. The van der Waals surface area contributed by atoms with Crippen LogP contribution in [-0.2, 0) is 0 Å². The maximum atomic E-state index is 3.92. The Hall–Kier alpha value is -5.87. The summed E-state index contributed by atoms with van der Waals surface area (Å²) in [7, 11) is 0. The molecule has 0 N–H and O–H groups in total. The van der Waals surface area contributed by atoms with Gasteiger partial charge < -0.3 is 0 Å². The third-order valence-corrected chi connectivity index (χ3v) is 3.78. The number of aryl methyl sites for hydroxylation is 6. The minimum atomic E-state index is 0.787. The Morgan fingerprint density at radius 1 is 0.405 bits per heavy atom. The Bertz CT molecular complexity index is 1110. The summed E-state index contributed by atoms with van der Waals surface area (Å²) in [6.45, 7) is 11.2. The fourth-order valence-electron chi connectivity index (χ4n) is 1.91. The lowest BCUT2D eigenvalue weighted by Crippen LogP contribution is -1.90. The molecule has 0 fully saturated rings. The van der Waals surface area contributed by atoms with E-state index in [0.717, 1.165) is 34.3 Å². The Labute approximate surface area is 242 Å². The standard InChI is InChI=1S/2C5H6N2.3C4H5N3.C3H4N4/c1-5-4-6-2-3-7-5;1-5-6-3-2-4-7-5;1-4-2-6-7-3-5-4;1-4-2-5-3-6-7-4;1-4-2-3-5-7-6-4;1-3-2-4-6-7-5-3/h2*2-4H,1H3;3*2-3H,1H3;2H,1H3. The largest absolute Gasteiger partial charge is 0.261 e. The average molecular weight is 570 g/mol. The van der Waals surface area contributed by atoms with Gasteiger partial charge in [0.1, 0.15) is 18.5 Å². The van der Waals surface area contributed by atoms with Crippen molar-refractivity contribution in [2.45, 2.75) is 41.5 Å². The Morgan fingerprint density at radius 2 is 1.10 bits per heavy atom. The van der Waals surface area contributed by atoms with Gasteiger partial charge in [-0.1, -0.05) is 0 Å². The quantitative estimate of drug-likeness (QED) is 0.254. The normalized spacial score (nSPS) is 8.71. The van der Waals surface area contributed by atoms with Gasteiger partial charge in [0.25, 0.3) is 0 Å². The Morgan fingerprint density at radius 3 is 1.38 bits per heavy atom. The molecule has 0 aliphatic carbocycles. The summed E-state index contributed by atoms with van der Waals surface area (Å²) in [6, 6.07) is 3.60. The van der Waals surface area contributed by atoms with Crippen LogP contribution in [0.4, 0.5) is 0 Å². The van der Waals surface area contributed by atoms with Crippen molar-refractivity contribution < 1.29 is 0 Å². The van der Waals surface area contributed by atoms with E-state index < -0.39 is 0 Å². The van der Waals surface area contributed by atoms with Gasteiger partial charge >= 0.3 is 0 Å². The maximum absolute atomic E-state index is 3.92. The topological polar surface area (TPSA) is 219 Å². The van der Waals surface area contributed by atoms with Crippen LogP contribution in [0.2, 0.25) is 0 Å². The minimum absolute atomic E-state index is 0.787. The second-order valence-electron chi connectivity index (χ2n) is 7.57. The van der Waals surface area contributed by atoms with Crippen LogP contribution in [0.5, 0.6) is 0 Å². The summed E-state index contributed by atoms with van der Waals surface area (Å²) in [5, 5.41) is 38.3. The van der Waals surface area contributed by atoms with Crippen LogP contribution in [0, 0.1) is 41.5 Å². The van der Waals surface area contributed by atoms with Gasteiger partial charge in [0, 0.05) is 31.0 Å². The molecule has 6 aromatic heterocycles. The van der Waals surface area contributed by atoms with E-state index in [2.05, 4.69) is 86.3 Å². The summed E-state index contributed by atoms with van der Waals surface area (Å²) in [5.74, 6) is 0.822. The molecule has 0 atom stereocenters. The molecule has 6 aromatic rings. The smallest absolute Gasteiger partial charge is 0.138 e. The van der Waals surface area contributed by atoms with E-state index in [0.29, 0.717) is 0 Å². The van der Waals surface area contributed by atoms with E-state index in [4.69, 9.17) is 0 Å². The van der Waals surface area contributed by atoms with Crippen LogP contribution in [0.25, 0.3) is 0 Å².